The Hall–Kier alpha value is -3.84. The van der Waals surface area contributed by atoms with Gasteiger partial charge in [0, 0.05) is 24.6 Å². The summed E-state index contributed by atoms with van der Waals surface area (Å²) in [5.74, 6) is -0.379. The number of carbonyl (C=O) groups excluding carboxylic acids is 1. The van der Waals surface area contributed by atoms with E-state index >= 15 is 0 Å². The minimum Gasteiger partial charge on any atom is -0.350 e. The number of hydrogen-bond acceptors (Lipinski definition) is 3. The highest BCUT2D eigenvalue weighted by molar-refractivity contribution is 7.92. The zero-order valence-corrected chi connectivity index (χ0v) is 20.9. The monoisotopic (exact) mass is 487 g/mol. The summed E-state index contributed by atoms with van der Waals surface area (Å²) >= 11 is 0. The van der Waals surface area contributed by atoms with Crippen LogP contribution in [0.15, 0.2) is 96.2 Å². The second-order valence-electron chi connectivity index (χ2n) is 8.58. The van der Waals surface area contributed by atoms with Crippen LogP contribution in [0.3, 0.4) is 0 Å². The van der Waals surface area contributed by atoms with E-state index < -0.39 is 10.0 Å². The van der Waals surface area contributed by atoms with Gasteiger partial charge in [-0.3, -0.25) is 9.10 Å². The Balaban J connectivity index is 1.54. The van der Waals surface area contributed by atoms with Crippen molar-refractivity contribution in [3.63, 3.8) is 0 Å². The molecule has 3 aromatic carbocycles. The van der Waals surface area contributed by atoms with E-state index in [1.165, 1.54) is 4.31 Å². The maximum Gasteiger partial charge on any atom is 0.264 e. The van der Waals surface area contributed by atoms with E-state index in [2.05, 4.69) is 5.32 Å². The fourth-order valence-corrected chi connectivity index (χ4v) is 5.30. The van der Waals surface area contributed by atoms with Crippen molar-refractivity contribution in [3.05, 3.63) is 114 Å². The summed E-state index contributed by atoms with van der Waals surface area (Å²) in [7, 11) is -3.95. The van der Waals surface area contributed by atoms with Crippen molar-refractivity contribution >= 4 is 21.6 Å². The highest BCUT2D eigenvalue weighted by Crippen LogP contribution is 2.28. The smallest absolute Gasteiger partial charge is 0.264 e. The number of amides is 1. The molecule has 0 bridgehead atoms. The Morgan fingerprint density at radius 3 is 2.17 bits per heavy atom. The molecule has 1 heterocycles. The van der Waals surface area contributed by atoms with E-state index in [0.29, 0.717) is 12.2 Å². The number of carbonyl (C=O) groups is 1. The van der Waals surface area contributed by atoms with Crippen LogP contribution in [0, 0.1) is 20.8 Å². The lowest BCUT2D eigenvalue weighted by molar-refractivity contribution is -0.119. The normalized spacial score (nSPS) is 11.3. The van der Waals surface area contributed by atoms with E-state index in [1.54, 1.807) is 36.4 Å². The number of anilines is 1. The van der Waals surface area contributed by atoms with Crippen molar-refractivity contribution in [1.29, 1.82) is 0 Å². The second kappa shape index (κ2) is 10.2. The quantitative estimate of drug-likeness (QED) is 0.384. The van der Waals surface area contributed by atoms with Crippen molar-refractivity contribution in [1.82, 2.24) is 9.88 Å². The topological polar surface area (TPSA) is 71.4 Å². The predicted octanol–water partition coefficient (Wildman–Crippen LogP) is 4.91. The molecule has 35 heavy (non-hydrogen) atoms. The highest BCUT2D eigenvalue weighted by atomic mass is 32.2. The lowest BCUT2D eigenvalue weighted by Crippen LogP contribution is -2.41. The van der Waals surface area contributed by atoms with Crippen molar-refractivity contribution in [2.45, 2.75) is 32.2 Å². The molecule has 0 unspecified atom stereocenters. The van der Waals surface area contributed by atoms with Crippen LogP contribution in [0.1, 0.15) is 22.3 Å². The molecule has 0 spiro atoms. The van der Waals surface area contributed by atoms with Gasteiger partial charge in [0.25, 0.3) is 10.0 Å². The third-order valence-corrected chi connectivity index (χ3v) is 7.84. The maximum absolute atomic E-state index is 13.6. The fraction of sp³-hybridized carbons (Fsp3) is 0.179. The number of benzene rings is 3. The van der Waals surface area contributed by atoms with Crippen LogP contribution in [-0.4, -0.2) is 25.4 Å². The molecule has 4 aromatic rings. The van der Waals surface area contributed by atoms with Gasteiger partial charge in [-0.1, -0.05) is 42.0 Å². The average molecular weight is 488 g/mol. The van der Waals surface area contributed by atoms with Gasteiger partial charge in [-0.15, -0.1) is 0 Å². The third-order valence-electron chi connectivity index (χ3n) is 6.07. The Kier molecular flexibility index (Phi) is 7.07. The number of aromatic nitrogens is 1. The molecule has 4 rings (SSSR count). The average Bonchev–Trinajstić information content (AvgIpc) is 3.39. The van der Waals surface area contributed by atoms with Crippen molar-refractivity contribution in [3.8, 4) is 5.69 Å². The molecule has 0 aliphatic heterocycles. The number of aryl methyl sites for hydroxylation is 2. The summed E-state index contributed by atoms with van der Waals surface area (Å²) in [6.07, 6.45) is 3.93. The summed E-state index contributed by atoms with van der Waals surface area (Å²) in [4.78, 5) is 13.1. The first-order valence-electron chi connectivity index (χ1n) is 11.4. The van der Waals surface area contributed by atoms with Crippen molar-refractivity contribution in [2.24, 2.45) is 0 Å². The molecule has 7 heteroatoms. The van der Waals surface area contributed by atoms with E-state index in [4.69, 9.17) is 0 Å². The number of nitrogens with zero attached hydrogens (tertiary/aromatic N) is 2. The Labute approximate surface area is 206 Å². The fourth-order valence-electron chi connectivity index (χ4n) is 3.82. The number of nitrogens with one attached hydrogen (secondary N) is 1. The van der Waals surface area contributed by atoms with Gasteiger partial charge >= 0.3 is 0 Å². The molecule has 0 aliphatic rings. The Morgan fingerprint density at radius 1 is 0.857 bits per heavy atom. The molecule has 1 aromatic heterocycles. The molecule has 0 fully saturated rings. The van der Waals surface area contributed by atoms with Gasteiger partial charge in [0.2, 0.25) is 5.91 Å². The van der Waals surface area contributed by atoms with Crippen LogP contribution in [-0.2, 0) is 21.4 Å². The van der Waals surface area contributed by atoms with Gasteiger partial charge in [-0.05, 0) is 79.9 Å². The number of hydrogen-bond donors (Lipinski definition) is 1. The molecule has 180 valence electrons. The van der Waals surface area contributed by atoms with Crippen molar-refractivity contribution < 1.29 is 13.2 Å². The lowest BCUT2D eigenvalue weighted by Gasteiger charge is -2.26. The Bertz CT molecular complexity index is 1410. The van der Waals surface area contributed by atoms with E-state index in [9.17, 15) is 13.2 Å². The standard InChI is InChI=1S/C28H29N3O3S/c1-21-9-15-26(16-10-21)35(33,34)31(27-8-6-7-22(2)23(27)3)20-28(32)29-19-24-11-13-25(14-12-24)30-17-4-5-18-30/h4-18H,19-20H2,1-3H3,(H,29,32). The van der Waals surface area contributed by atoms with Crippen LogP contribution < -0.4 is 9.62 Å². The van der Waals surface area contributed by atoms with Crippen LogP contribution in [0.2, 0.25) is 0 Å². The molecule has 0 aliphatic carbocycles. The van der Waals surface area contributed by atoms with Crippen LogP contribution >= 0.6 is 0 Å². The molecular weight excluding hydrogens is 458 g/mol. The second-order valence-corrected chi connectivity index (χ2v) is 10.4. The van der Waals surface area contributed by atoms with Gasteiger partial charge in [0.1, 0.15) is 6.54 Å². The van der Waals surface area contributed by atoms with Gasteiger partial charge in [0.05, 0.1) is 10.6 Å². The van der Waals surface area contributed by atoms with Crippen LogP contribution in [0.25, 0.3) is 5.69 Å². The first kappa shape index (κ1) is 24.3. The van der Waals surface area contributed by atoms with E-state index in [0.717, 1.165) is 27.9 Å². The zero-order valence-electron chi connectivity index (χ0n) is 20.1. The maximum atomic E-state index is 13.6. The van der Waals surface area contributed by atoms with Gasteiger partial charge in [-0.25, -0.2) is 8.42 Å². The van der Waals surface area contributed by atoms with Crippen LogP contribution in [0.4, 0.5) is 5.69 Å². The van der Waals surface area contributed by atoms with Crippen molar-refractivity contribution in [2.75, 3.05) is 10.8 Å². The third kappa shape index (κ3) is 5.46. The minimum absolute atomic E-state index is 0.150. The molecule has 0 saturated heterocycles. The largest absolute Gasteiger partial charge is 0.350 e. The molecule has 6 nitrogen and oxygen atoms in total. The van der Waals surface area contributed by atoms with Gasteiger partial charge in [-0.2, -0.15) is 0 Å². The SMILES string of the molecule is Cc1ccc(S(=O)(=O)N(CC(=O)NCc2ccc(-n3cccc3)cc2)c2cccc(C)c2C)cc1. The molecule has 0 radical (unpaired) electrons. The molecular formula is C28H29N3O3S. The number of rotatable bonds is 8. The first-order chi connectivity index (χ1) is 16.8. The van der Waals surface area contributed by atoms with Crippen LogP contribution in [0.5, 0.6) is 0 Å². The minimum atomic E-state index is -3.95. The van der Waals surface area contributed by atoms with E-state index in [-0.39, 0.29) is 17.3 Å². The van der Waals surface area contributed by atoms with Gasteiger partial charge < -0.3 is 9.88 Å². The van der Waals surface area contributed by atoms with E-state index in [1.807, 2.05) is 80.2 Å². The lowest BCUT2D eigenvalue weighted by atomic mass is 10.1. The predicted molar refractivity (Wildman–Crippen MR) is 139 cm³/mol. The zero-order chi connectivity index (χ0) is 25.0. The summed E-state index contributed by atoms with van der Waals surface area (Å²) in [5, 5.41) is 2.87. The molecule has 0 atom stereocenters. The summed E-state index contributed by atoms with van der Waals surface area (Å²) in [5.41, 5.74) is 5.18. The number of sulfonamides is 1. The summed E-state index contributed by atoms with van der Waals surface area (Å²) in [6.45, 7) is 5.68. The summed E-state index contributed by atoms with van der Waals surface area (Å²) < 4.78 is 30.4. The van der Waals surface area contributed by atoms with Gasteiger partial charge in [0.15, 0.2) is 0 Å². The highest BCUT2D eigenvalue weighted by Gasteiger charge is 2.28. The Morgan fingerprint density at radius 2 is 1.51 bits per heavy atom. The first-order valence-corrected chi connectivity index (χ1v) is 12.8. The molecule has 1 N–H and O–H groups in total. The summed E-state index contributed by atoms with van der Waals surface area (Å²) in [6, 6.07) is 23.9. The molecule has 1 amide bonds. The molecule has 0 saturated carbocycles.